The minimum Gasteiger partial charge on any atom is -0.481 e. The molecule has 0 aromatic rings. The number of primary amides is 1. The lowest BCUT2D eigenvalue weighted by molar-refractivity contribution is -0.144. The average molecular weight is 431 g/mol. The molecule has 30 heavy (non-hydrogen) atoms. The van der Waals surface area contributed by atoms with Gasteiger partial charge in [0, 0.05) is 0 Å². The number of carboxylic acid groups (broad SMARTS) is 2. The highest BCUT2D eigenvalue weighted by molar-refractivity contribution is 5.96. The second-order valence-electron chi connectivity index (χ2n) is 6.87. The fraction of sp³-hybridized carbons (Fsp3) is 0.647. The molecular weight excluding hydrogens is 402 g/mol. The molecular formula is C17H29N5O8. The van der Waals surface area contributed by atoms with E-state index in [2.05, 4.69) is 10.6 Å². The molecule has 0 radical (unpaired) electrons. The molecule has 0 heterocycles. The van der Waals surface area contributed by atoms with Gasteiger partial charge in [-0.2, -0.15) is 0 Å². The summed E-state index contributed by atoms with van der Waals surface area (Å²) in [5, 5.41) is 24.5. The third kappa shape index (κ3) is 9.32. The van der Waals surface area contributed by atoms with Crippen molar-refractivity contribution in [3.8, 4) is 0 Å². The highest BCUT2D eigenvalue weighted by Gasteiger charge is 2.31. The van der Waals surface area contributed by atoms with Gasteiger partial charge >= 0.3 is 11.9 Å². The summed E-state index contributed by atoms with van der Waals surface area (Å²) >= 11 is 0. The first-order chi connectivity index (χ1) is 13.8. The van der Waals surface area contributed by atoms with Crippen molar-refractivity contribution in [2.75, 3.05) is 0 Å². The van der Waals surface area contributed by atoms with Crippen LogP contribution in [0.25, 0.3) is 0 Å². The number of hydrogen-bond donors (Lipinski definition) is 7. The first-order valence-electron chi connectivity index (χ1n) is 9.19. The Bertz CT molecular complexity index is 683. The van der Waals surface area contributed by atoms with E-state index in [0.29, 0.717) is 6.42 Å². The van der Waals surface area contributed by atoms with E-state index < -0.39 is 72.6 Å². The van der Waals surface area contributed by atoms with Crippen LogP contribution in [-0.4, -0.2) is 69.9 Å². The SMILES string of the molecule is CCC(C)C(N)C(=O)NC(C)C(=O)NC(CC(=O)O)C(=O)NC(CC(N)=O)C(=O)O. The third-order valence-electron chi connectivity index (χ3n) is 4.34. The van der Waals surface area contributed by atoms with Crippen molar-refractivity contribution in [3.63, 3.8) is 0 Å². The van der Waals surface area contributed by atoms with Crippen LogP contribution < -0.4 is 27.4 Å². The quantitative estimate of drug-likeness (QED) is 0.160. The van der Waals surface area contributed by atoms with Crippen molar-refractivity contribution in [2.45, 2.75) is 64.2 Å². The van der Waals surface area contributed by atoms with Crippen LogP contribution in [0.15, 0.2) is 0 Å². The van der Waals surface area contributed by atoms with Gasteiger partial charge in [0.1, 0.15) is 18.1 Å². The Morgan fingerprint density at radius 1 is 0.833 bits per heavy atom. The summed E-state index contributed by atoms with van der Waals surface area (Å²) in [6, 6.07) is -5.38. The van der Waals surface area contributed by atoms with Gasteiger partial charge in [-0.25, -0.2) is 4.79 Å². The minimum absolute atomic E-state index is 0.149. The van der Waals surface area contributed by atoms with Crippen LogP contribution in [0, 0.1) is 5.92 Å². The molecule has 13 heteroatoms. The zero-order chi connectivity index (χ0) is 23.6. The molecule has 0 rings (SSSR count). The summed E-state index contributed by atoms with van der Waals surface area (Å²) < 4.78 is 0. The Balaban J connectivity index is 5.18. The molecule has 170 valence electrons. The number of nitrogens with one attached hydrogen (secondary N) is 3. The molecule has 9 N–H and O–H groups in total. The van der Waals surface area contributed by atoms with Crippen LogP contribution in [0.1, 0.15) is 40.0 Å². The van der Waals surface area contributed by atoms with Crippen molar-refractivity contribution >= 4 is 35.6 Å². The lowest BCUT2D eigenvalue weighted by atomic mass is 9.99. The van der Waals surface area contributed by atoms with Crippen LogP contribution in [0.5, 0.6) is 0 Å². The number of amides is 4. The topological polar surface area (TPSA) is 231 Å². The van der Waals surface area contributed by atoms with E-state index in [-0.39, 0.29) is 5.92 Å². The number of nitrogens with two attached hydrogens (primary N) is 2. The first-order valence-corrected chi connectivity index (χ1v) is 9.19. The number of rotatable bonds is 13. The molecule has 0 bridgehead atoms. The average Bonchev–Trinajstić information content (AvgIpc) is 2.64. The maximum absolute atomic E-state index is 12.3. The second kappa shape index (κ2) is 12.4. The summed E-state index contributed by atoms with van der Waals surface area (Å²) in [6.07, 6.45) is -0.964. The number of carbonyl (C=O) groups is 6. The number of aliphatic carboxylic acids is 2. The minimum atomic E-state index is -1.70. The van der Waals surface area contributed by atoms with Gasteiger partial charge in [0.05, 0.1) is 18.9 Å². The van der Waals surface area contributed by atoms with Crippen LogP contribution in [0.3, 0.4) is 0 Å². The maximum Gasteiger partial charge on any atom is 0.326 e. The normalized spacial score (nSPS) is 15.6. The fourth-order valence-corrected chi connectivity index (χ4v) is 2.24. The number of carboxylic acids is 2. The molecule has 13 nitrogen and oxygen atoms in total. The predicted molar refractivity (Wildman–Crippen MR) is 103 cm³/mol. The lowest BCUT2D eigenvalue weighted by Gasteiger charge is -2.23. The molecule has 0 aromatic heterocycles. The predicted octanol–water partition coefficient (Wildman–Crippen LogP) is -2.73. The van der Waals surface area contributed by atoms with Crippen LogP contribution in [-0.2, 0) is 28.8 Å². The van der Waals surface area contributed by atoms with Crippen LogP contribution in [0.4, 0.5) is 0 Å². The van der Waals surface area contributed by atoms with Gasteiger partial charge in [-0.15, -0.1) is 0 Å². The highest BCUT2D eigenvalue weighted by Crippen LogP contribution is 2.05. The van der Waals surface area contributed by atoms with Gasteiger partial charge < -0.3 is 37.6 Å². The van der Waals surface area contributed by atoms with E-state index in [9.17, 15) is 28.8 Å². The Labute approximate surface area is 172 Å². The van der Waals surface area contributed by atoms with Gasteiger partial charge in [-0.3, -0.25) is 24.0 Å². The van der Waals surface area contributed by atoms with Gasteiger partial charge in [-0.05, 0) is 12.8 Å². The number of hydrogen-bond acceptors (Lipinski definition) is 7. The molecule has 0 saturated carbocycles. The monoisotopic (exact) mass is 431 g/mol. The van der Waals surface area contributed by atoms with Crippen LogP contribution >= 0.6 is 0 Å². The second-order valence-corrected chi connectivity index (χ2v) is 6.87. The zero-order valence-electron chi connectivity index (χ0n) is 17.0. The van der Waals surface area contributed by atoms with Gasteiger partial charge in [0.25, 0.3) is 0 Å². The summed E-state index contributed by atoms with van der Waals surface area (Å²) in [5.74, 6) is -6.80. The van der Waals surface area contributed by atoms with Crippen molar-refractivity contribution in [1.29, 1.82) is 0 Å². The Kier molecular flexibility index (Phi) is 11.0. The summed E-state index contributed by atoms with van der Waals surface area (Å²) in [4.78, 5) is 69.8. The smallest absolute Gasteiger partial charge is 0.326 e. The molecule has 0 saturated heterocycles. The van der Waals surface area contributed by atoms with E-state index in [1.54, 1.807) is 6.92 Å². The molecule has 0 aliphatic rings. The Morgan fingerprint density at radius 3 is 1.80 bits per heavy atom. The van der Waals surface area contributed by atoms with Crippen molar-refractivity contribution in [3.05, 3.63) is 0 Å². The molecule has 0 spiro atoms. The van der Waals surface area contributed by atoms with Crippen molar-refractivity contribution in [1.82, 2.24) is 16.0 Å². The summed E-state index contributed by atoms with van der Waals surface area (Å²) in [5.41, 5.74) is 10.7. The molecule has 0 fully saturated rings. The molecule has 4 amide bonds. The van der Waals surface area contributed by atoms with E-state index >= 15 is 0 Å². The van der Waals surface area contributed by atoms with Gasteiger partial charge in [-0.1, -0.05) is 20.3 Å². The van der Waals surface area contributed by atoms with Gasteiger partial charge in [0.15, 0.2) is 0 Å². The molecule has 5 atom stereocenters. The first kappa shape index (κ1) is 26.8. The van der Waals surface area contributed by atoms with E-state index in [1.807, 2.05) is 12.2 Å². The molecule has 0 aliphatic heterocycles. The number of carbonyl (C=O) groups excluding carboxylic acids is 4. The zero-order valence-corrected chi connectivity index (χ0v) is 17.0. The van der Waals surface area contributed by atoms with E-state index in [4.69, 9.17) is 21.7 Å². The lowest BCUT2D eigenvalue weighted by Crippen LogP contribution is -2.57. The third-order valence-corrected chi connectivity index (χ3v) is 4.34. The highest BCUT2D eigenvalue weighted by atomic mass is 16.4. The maximum atomic E-state index is 12.3. The van der Waals surface area contributed by atoms with E-state index in [1.165, 1.54) is 6.92 Å². The van der Waals surface area contributed by atoms with Gasteiger partial charge in [0.2, 0.25) is 23.6 Å². The Morgan fingerprint density at radius 2 is 1.37 bits per heavy atom. The van der Waals surface area contributed by atoms with Crippen molar-refractivity contribution in [2.24, 2.45) is 17.4 Å². The van der Waals surface area contributed by atoms with E-state index in [0.717, 1.165) is 0 Å². The molecule has 0 aromatic carbocycles. The Hall–Kier alpha value is -3.22. The largest absolute Gasteiger partial charge is 0.481 e. The van der Waals surface area contributed by atoms with Crippen molar-refractivity contribution < 1.29 is 39.0 Å². The summed E-state index contributed by atoms with van der Waals surface area (Å²) in [6.45, 7) is 4.90. The standard InChI is InChI=1S/C17H29N5O8/c1-4-7(2)13(19)16(28)20-8(3)14(26)21-9(6-12(24)25)15(27)22-10(17(29)30)5-11(18)23/h7-10,13H,4-6,19H2,1-3H3,(H2,18,23)(H,20,28)(H,21,26)(H,22,27)(H,24,25)(H,29,30). The summed E-state index contributed by atoms with van der Waals surface area (Å²) in [7, 11) is 0. The molecule has 5 unspecified atom stereocenters. The fourth-order valence-electron chi connectivity index (χ4n) is 2.24. The molecule has 0 aliphatic carbocycles. The van der Waals surface area contributed by atoms with Crippen LogP contribution in [0.2, 0.25) is 0 Å².